The van der Waals surface area contributed by atoms with Gasteiger partial charge in [-0.3, -0.25) is 9.59 Å². The SMILES string of the molecule is CS(=O)(=O)c1ccc(C(=O)Nc2ccc(Cl)c(C(=O)NC3CCCCC3)c2)o1. The summed E-state index contributed by atoms with van der Waals surface area (Å²) >= 11 is 6.16. The number of hydrogen-bond donors (Lipinski definition) is 2. The van der Waals surface area contributed by atoms with Crippen LogP contribution in [0.4, 0.5) is 5.69 Å². The summed E-state index contributed by atoms with van der Waals surface area (Å²) in [4.78, 5) is 24.9. The van der Waals surface area contributed by atoms with Crippen molar-refractivity contribution in [3.63, 3.8) is 0 Å². The number of carbonyl (C=O) groups is 2. The van der Waals surface area contributed by atoms with Crippen LogP contribution in [0.3, 0.4) is 0 Å². The van der Waals surface area contributed by atoms with Gasteiger partial charge in [0.2, 0.25) is 14.9 Å². The molecule has 2 amide bonds. The van der Waals surface area contributed by atoms with Gasteiger partial charge >= 0.3 is 0 Å². The quantitative estimate of drug-likeness (QED) is 0.762. The second-order valence-electron chi connectivity index (χ2n) is 6.85. The van der Waals surface area contributed by atoms with Crippen molar-refractivity contribution >= 4 is 38.9 Å². The summed E-state index contributed by atoms with van der Waals surface area (Å²) in [5.41, 5.74) is 0.613. The monoisotopic (exact) mass is 424 g/mol. The standard InChI is InChI=1S/C19H21ClN2O5S/c1-28(25,26)17-10-9-16(27-17)19(24)22-13-7-8-15(20)14(11-13)18(23)21-12-5-3-2-4-6-12/h7-12H,2-6H2,1H3,(H,21,23)(H,22,24). The molecule has 0 atom stereocenters. The van der Waals surface area contributed by atoms with E-state index in [4.69, 9.17) is 16.0 Å². The van der Waals surface area contributed by atoms with Crippen molar-refractivity contribution in [2.75, 3.05) is 11.6 Å². The number of anilines is 1. The van der Waals surface area contributed by atoms with Crippen molar-refractivity contribution in [3.05, 3.63) is 46.7 Å². The molecule has 7 nitrogen and oxygen atoms in total. The third kappa shape index (κ3) is 4.94. The molecule has 0 aliphatic heterocycles. The number of furan rings is 1. The Morgan fingerprint density at radius 2 is 1.79 bits per heavy atom. The summed E-state index contributed by atoms with van der Waals surface area (Å²) in [6.07, 6.45) is 6.25. The molecule has 150 valence electrons. The zero-order chi connectivity index (χ0) is 20.3. The first-order valence-electron chi connectivity index (χ1n) is 8.96. The summed E-state index contributed by atoms with van der Waals surface area (Å²) < 4.78 is 28.0. The van der Waals surface area contributed by atoms with Crippen molar-refractivity contribution in [2.45, 2.75) is 43.2 Å². The van der Waals surface area contributed by atoms with Gasteiger partial charge in [0, 0.05) is 18.0 Å². The van der Waals surface area contributed by atoms with E-state index in [-0.39, 0.29) is 33.4 Å². The number of hydrogen-bond acceptors (Lipinski definition) is 5. The average Bonchev–Trinajstić information content (AvgIpc) is 3.15. The van der Waals surface area contributed by atoms with E-state index >= 15 is 0 Å². The Morgan fingerprint density at radius 1 is 1.07 bits per heavy atom. The van der Waals surface area contributed by atoms with Crippen molar-refractivity contribution in [2.24, 2.45) is 0 Å². The number of rotatable bonds is 5. The van der Waals surface area contributed by atoms with Crippen molar-refractivity contribution in [1.29, 1.82) is 0 Å². The molecule has 9 heteroatoms. The highest BCUT2D eigenvalue weighted by molar-refractivity contribution is 7.90. The van der Waals surface area contributed by atoms with Gasteiger partial charge in [-0.1, -0.05) is 30.9 Å². The normalized spacial score (nSPS) is 15.2. The van der Waals surface area contributed by atoms with Gasteiger partial charge in [-0.2, -0.15) is 0 Å². The summed E-state index contributed by atoms with van der Waals surface area (Å²) in [5, 5.41) is 5.56. The van der Waals surface area contributed by atoms with Gasteiger partial charge in [0.25, 0.3) is 11.8 Å². The molecule has 0 saturated heterocycles. The van der Waals surface area contributed by atoms with E-state index in [1.807, 2.05) is 0 Å². The molecular weight excluding hydrogens is 404 g/mol. The summed E-state index contributed by atoms with van der Waals surface area (Å²) in [7, 11) is -3.54. The lowest BCUT2D eigenvalue weighted by atomic mass is 9.95. The van der Waals surface area contributed by atoms with E-state index < -0.39 is 15.7 Å². The topological polar surface area (TPSA) is 105 Å². The zero-order valence-electron chi connectivity index (χ0n) is 15.3. The summed E-state index contributed by atoms with van der Waals surface area (Å²) in [6, 6.07) is 7.19. The van der Waals surface area contributed by atoms with Crippen LogP contribution < -0.4 is 10.6 Å². The molecule has 1 fully saturated rings. The van der Waals surface area contributed by atoms with Gasteiger partial charge in [-0.25, -0.2) is 8.42 Å². The van der Waals surface area contributed by atoms with Crippen LogP contribution in [0.2, 0.25) is 5.02 Å². The van der Waals surface area contributed by atoms with Crippen LogP contribution in [0.15, 0.2) is 39.8 Å². The van der Waals surface area contributed by atoms with E-state index in [1.165, 1.54) is 30.7 Å². The Balaban J connectivity index is 1.72. The third-order valence-electron chi connectivity index (χ3n) is 4.58. The lowest BCUT2D eigenvalue weighted by Gasteiger charge is -2.23. The Kier molecular flexibility index (Phi) is 6.10. The molecule has 0 bridgehead atoms. The first-order valence-corrected chi connectivity index (χ1v) is 11.2. The van der Waals surface area contributed by atoms with E-state index in [2.05, 4.69) is 10.6 Å². The van der Waals surface area contributed by atoms with Gasteiger partial charge in [-0.05, 0) is 43.2 Å². The van der Waals surface area contributed by atoms with Crippen LogP contribution >= 0.6 is 11.6 Å². The van der Waals surface area contributed by atoms with E-state index in [9.17, 15) is 18.0 Å². The highest BCUT2D eigenvalue weighted by Crippen LogP contribution is 2.23. The molecule has 1 aromatic heterocycles. The maximum absolute atomic E-state index is 12.6. The number of halogens is 1. The molecule has 1 aliphatic carbocycles. The minimum atomic E-state index is -3.54. The number of amides is 2. The third-order valence-corrected chi connectivity index (χ3v) is 5.86. The lowest BCUT2D eigenvalue weighted by Crippen LogP contribution is -2.36. The Morgan fingerprint density at radius 3 is 2.43 bits per heavy atom. The summed E-state index contributed by atoms with van der Waals surface area (Å²) in [5.74, 6) is -1.06. The summed E-state index contributed by atoms with van der Waals surface area (Å²) in [6.45, 7) is 0. The maximum Gasteiger partial charge on any atom is 0.291 e. The lowest BCUT2D eigenvalue weighted by molar-refractivity contribution is 0.0926. The number of carbonyl (C=O) groups excluding carboxylic acids is 2. The average molecular weight is 425 g/mol. The molecule has 28 heavy (non-hydrogen) atoms. The molecule has 1 saturated carbocycles. The van der Waals surface area contributed by atoms with Crippen molar-refractivity contribution in [1.82, 2.24) is 5.32 Å². The van der Waals surface area contributed by atoms with Crippen LogP contribution in [0.25, 0.3) is 0 Å². The van der Waals surface area contributed by atoms with E-state index in [0.717, 1.165) is 31.9 Å². The second kappa shape index (κ2) is 8.36. The number of nitrogens with one attached hydrogen (secondary N) is 2. The highest BCUT2D eigenvalue weighted by Gasteiger charge is 2.20. The van der Waals surface area contributed by atoms with E-state index in [1.54, 1.807) is 6.07 Å². The van der Waals surface area contributed by atoms with Gasteiger partial charge in [-0.15, -0.1) is 0 Å². The Labute approximate surface area is 168 Å². The largest absolute Gasteiger partial charge is 0.440 e. The fourth-order valence-electron chi connectivity index (χ4n) is 3.12. The maximum atomic E-state index is 12.6. The van der Waals surface area contributed by atoms with Crippen LogP contribution in [0.1, 0.15) is 53.0 Å². The van der Waals surface area contributed by atoms with Gasteiger partial charge in [0.15, 0.2) is 5.76 Å². The molecular formula is C19H21ClN2O5S. The van der Waals surface area contributed by atoms with Crippen LogP contribution in [-0.4, -0.2) is 32.5 Å². The molecule has 0 spiro atoms. The number of benzene rings is 1. The van der Waals surface area contributed by atoms with Crippen LogP contribution in [0.5, 0.6) is 0 Å². The van der Waals surface area contributed by atoms with Crippen LogP contribution in [-0.2, 0) is 9.84 Å². The Hall–Kier alpha value is -2.32. The smallest absolute Gasteiger partial charge is 0.291 e. The molecule has 1 aromatic carbocycles. The predicted octanol–water partition coefficient (Wildman–Crippen LogP) is 3.65. The predicted molar refractivity (Wildman–Crippen MR) is 106 cm³/mol. The molecule has 2 aromatic rings. The first kappa shape index (κ1) is 20.4. The fraction of sp³-hybridized carbons (Fsp3) is 0.368. The van der Waals surface area contributed by atoms with E-state index in [0.29, 0.717) is 5.69 Å². The van der Waals surface area contributed by atoms with Gasteiger partial charge in [0.05, 0.1) is 10.6 Å². The molecule has 2 N–H and O–H groups in total. The van der Waals surface area contributed by atoms with Gasteiger partial charge in [0.1, 0.15) is 0 Å². The van der Waals surface area contributed by atoms with Gasteiger partial charge < -0.3 is 15.1 Å². The second-order valence-corrected chi connectivity index (χ2v) is 9.20. The minimum absolute atomic E-state index is 0.132. The zero-order valence-corrected chi connectivity index (χ0v) is 16.9. The minimum Gasteiger partial charge on any atom is -0.440 e. The van der Waals surface area contributed by atoms with Crippen LogP contribution in [0, 0.1) is 0 Å². The van der Waals surface area contributed by atoms with Crippen molar-refractivity contribution in [3.8, 4) is 0 Å². The Bertz CT molecular complexity index is 994. The molecule has 0 unspecified atom stereocenters. The highest BCUT2D eigenvalue weighted by atomic mass is 35.5. The number of sulfone groups is 1. The molecule has 0 radical (unpaired) electrons. The van der Waals surface area contributed by atoms with Crippen molar-refractivity contribution < 1.29 is 22.4 Å². The fourth-order valence-corrected chi connectivity index (χ4v) is 3.88. The first-order chi connectivity index (χ1) is 13.2. The molecule has 1 aliphatic rings. The molecule has 1 heterocycles. The molecule has 3 rings (SSSR count).